The Labute approximate surface area is 89.9 Å². The van der Waals surface area contributed by atoms with Gasteiger partial charge < -0.3 is 5.73 Å². The van der Waals surface area contributed by atoms with E-state index in [1.807, 2.05) is 0 Å². The van der Waals surface area contributed by atoms with E-state index < -0.39 is 15.9 Å². The Morgan fingerprint density at radius 1 is 1.57 bits per heavy atom. The molecule has 1 aromatic heterocycles. The Morgan fingerprint density at radius 3 is 2.64 bits per heavy atom. The van der Waals surface area contributed by atoms with E-state index in [-0.39, 0.29) is 10.8 Å². The van der Waals surface area contributed by atoms with E-state index in [1.54, 1.807) is 4.72 Å². The molecule has 0 radical (unpaired) electrons. The number of hydrogen-bond acceptors (Lipinski definition) is 5. The minimum absolute atomic E-state index is 0.00991. The second-order valence-electron chi connectivity index (χ2n) is 2.29. The van der Waals surface area contributed by atoms with Gasteiger partial charge in [-0.05, 0) is 12.1 Å². The molecule has 0 aliphatic heterocycles. The van der Waals surface area contributed by atoms with Gasteiger partial charge >= 0.3 is 0 Å². The van der Waals surface area contributed by atoms with Crippen LogP contribution in [0.1, 0.15) is 0 Å². The van der Waals surface area contributed by atoms with Gasteiger partial charge in [0.1, 0.15) is 4.21 Å². The van der Waals surface area contributed by atoms with Crippen molar-refractivity contribution >= 4 is 38.9 Å². The summed E-state index contributed by atoms with van der Waals surface area (Å²) in [7, 11) is -3.80. The number of nitrogens with one attached hydrogen (secondary N) is 1. The minimum Gasteiger partial charge on any atom is -0.322 e. The minimum atomic E-state index is -3.80. The van der Waals surface area contributed by atoms with Crippen LogP contribution in [-0.2, 0) is 14.8 Å². The number of nitrogens with two attached hydrogens (primary N) is 1. The van der Waals surface area contributed by atoms with Crippen LogP contribution in [0, 0.1) is 0 Å². The van der Waals surface area contributed by atoms with Crippen molar-refractivity contribution in [1.29, 1.82) is 0 Å². The van der Waals surface area contributed by atoms with Gasteiger partial charge in [0.2, 0.25) is 5.91 Å². The number of rotatable bonds is 3. The SMILES string of the molecule is NCC(=O)NS(=O)(=O)c1ccc(Cl)s1. The predicted octanol–water partition coefficient (Wildman–Crippen LogP) is 0.165. The van der Waals surface area contributed by atoms with E-state index in [1.165, 1.54) is 12.1 Å². The molecule has 78 valence electrons. The molecule has 1 amide bonds. The van der Waals surface area contributed by atoms with Crippen LogP contribution in [0.3, 0.4) is 0 Å². The first-order valence-corrected chi connectivity index (χ1v) is 6.14. The highest BCUT2D eigenvalue weighted by Gasteiger charge is 2.18. The maximum absolute atomic E-state index is 11.4. The van der Waals surface area contributed by atoms with Gasteiger partial charge in [-0.2, -0.15) is 0 Å². The molecule has 1 heterocycles. The van der Waals surface area contributed by atoms with Crippen molar-refractivity contribution in [3.05, 3.63) is 16.5 Å². The maximum Gasteiger partial charge on any atom is 0.273 e. The van der Waals surface area contributed by atoms with Crippen molar-refractivity contribution in [2.75, 3.05) is 6.54 Å². The first-order valence-electron chi connectivity index (χ1n) is 3.47. The fourth-order valence-corrected chi connectivity index (χ4v) is 3.16. The summed E-state index contributed by atoms with van der Waals surface area (Å²) in [4.78, 5) is 10.8. The average Bonchev–Trinajstić information content (AvgIpc) is 2.51. The van der Waals surface area contributed by atoms with E-state index in [2.05, 4.69) is 0 Å². The van der Waals surface area contributed by atoms with Crippen LogP contribution in [0.2, 0.25) is 4.34 Å². The Balaban J connectivity index is 2.92. The zero-order chi connectivity index (χ0) is 10.8. The second-order valence-corrected chi connectivity index (χ2v) is 5.92. The molecule has 0 saturated carbocycles. The second kappa shape index (κ2) is 4.26. The van der Waals surface area contributed by atoms with Gasteiger partial charge in [0, 0.05) is 0 Å². The lowest BCUT2D eigenvalue weighted by Gasteiger charge is -2.01. The van der Waals surface area contributed by atoms with Gasteiger partial charge in [-0.1, -0.05) is 11.6 Å². The van der Waals surface area contributed by atoms with Gasteiger partial charge in [-0.25, -0.2) is 13.1 Å². The molecule has 0 aromatic carbocycles. The molecule has 3 N–H and O–H groups in total. The summed E-state index contributed by atoms with van der Waals surface area (Å²) in [6.07, 6.45) is 0. The van der Waals surface area contributed by atoms with Crippen molar-refractivity contribution in [3.8, 4) is 0 Å². The number of carbonyl (C=O) groups excluding carboxylic acids is 1. The largest absolute Gasteiger partial charge is 0.322 e. The topological polar surface area (TPSA) is 89.3 Å². The molecule has 5 nitrogen and oxygen atoms in total. The molecule has 1 aromatic rings. The van der Waals surface area contributed by atoms with E-state index in [0.29, 0.717) is 4.34 Å². The van der Waals surface area contributed by atoms with Crippen LogP contribution >= 0.6 is 22.9 Å². The molecule has 14 heavy (non-hydrogen) atoms. The summed E-state index contributed by atoms with van der Waals surface area (Å²) in [6.45, 7) is -0.377. The highest BCUT2D eigenvalue weighted by molar-refractivity contribution is 7.92. The fraction of sp³-hybridized carbons (Fsp3) is 0.167. The Hall–Kier alpha value is -0.630. The molecule has 0 spiro atoms. The van der Waals surface area contributed by atoms with Gasteiger partial charge in [-0.15, -0.1) is 11.3 Å². The lowest BCUT2D eigenvalue weighted by molar-refractivity contribution is -0.118. The van der Waals surface area contributed by atoms with Gasteiger partial charge in [0.15, 0.2) is 0 Å². The number of amides is 1. The summed E-state index contributed by atoms with van der Waals surface area (Å²) in [5.74, 6) is -0.755. The monoisotopic (exact) mass is 254 g/mol. The Bertz CT molecular complexity index is 440. The molecule has 0 aliphatic rings. The molecule has 0 saturated heterocycles. The molecule has 0 unspecified atom stereocenters. The van der Waals surface area contributed by atoms with Crippen LogP contribution in [0.5, 0.6) is 0 Å². The van der Waals surface area contributed by atoms with Crippen molar-refractivity contribution in [3.63, 3.8) is 0 Å². The molecular formula is C6H7ClN2O3S2. The fourth-order valence-electron chi connectivity index (χ4n) is 0.684. The number of carbonyl (C=O) groups is 1. The smallest absolute Gasteiger partial charge is 0.273 e. The van der Waals surface area contributed by atoms with E-state index >= 15 is 0 Å². The van der Waals surface area contributed by atoms with Crippen molar-refractivity contribution < 1.29 is 13.2 Å². The highest BCUT2D eigenvalue weighted by atomic mass is 35.5. The van der Waals surface area contributed by atoms with Crippen molar-refractivity contribution in [2.45, 2.75) is 4.21 Å². The zero-order valence-corrected chi connectivity index (χ0v) is 9.25. The predicted molar refractivity (Wildman–Crippen MR) is 53.7 cm³/mol. The number of thiophene rings is 1. The number of hydrogen-bond donors (Lipinski definition) is 2. The first-order chi connectivity index (χ1) is 6.45. The molecule has 0 bridgehead atoms. The number of sulfonamides is 1. The third-order valence-corrected chi connectivity index (χ3v) is 4.34. The summed E-state index contributed by atoms with van der Waals surface area (Å²) in [5.41, 5.74) is 4.96. The van der Waals surface area contributed by atoms with E-state index in [9.17, 15) is 13.2 Å². The maximum atomic E-state index is 11.4. The lowest BCUT2D eigenvalue weighted by Crippen LogP contribution is -2.34. The molecule has 0 fully saturated rings. The lowest BCUT2D eigenvalue weighted by atomic mass is 10.7. The average molecular weight is 255 g/mol. The number of halogens is 1. The third kappa shape index (κ3) is 2.68. The molecule has 8 heteroatoms. The highest BCUT2D eigenvalue weighted by Crippen LogP contribution is 2.25. The van der Waals surface area contributed by atoms with Crippen LogP contribution < -0.4 is 10.5 Å². The van der Waals surface area contributed by atoms with E-state index in [4.69, 9.17) is 17.3 Å². The van der Waals surface area contributed by atoms with Crippen molar-refractivity contribution in [1.82, 2.24) is 4.72 Å². The van der Waals surface area contributed by atoms with Crippen LogP contribution in [0.25, 0.3) is 0 Å². The zero-order valence-electron chi connectivity index (χ0n) is 6.86. The molecule has 0 aliphatic carbocycles. The standard InChI is InChI=1S/C6H7ClN2O3S2/c7-4-1-2-6(13-4)14(11,12)9-5(10)3-8/h1-2H,3,8H2,(H,9,10). The van der Waals surface area contributed by atoms with Crippen LogP contribution in [0.4, 0.5) is 0 Å². The van der Waals surface area contributed by atoms with Crippen molar-refractivity contribution in [2.24, 2.45) is 5.73 Å². The summed E-state index contributed by atoms with van der Waals surface area (Å²) < 4.78 is 24.9. The normalized spacial score (nSPS) is 11.3. The molecule has 0 atom stereocenters. The first kappa shape index (κ1) is 11.4. The summed E-state index contributed by atoms with van der Waals surface area (Å²) in [6, 6.07) is 2.76. The third-order valence-electron chi connectivity index (χ3n) is 1.25. The summed E-state index contributed by atoms with van der Waals surface area (Å²) in [5, 5.41) is 0. The quantitative estimate of drug-likeness (QED) is 0.804. The van der Waals surface area contributed by atoms with E-state index in [0.717, 1.165) is 11.3 Å². The Kier molecular flexibility index (Phi) is 3.48. The summed E-state index contributed by atoms with van der Waals surface area (Å²) >= 11 is 6.42. The van der Waals surface area contributed by atoms with Gasteiger partial charge in [-0.3, -0.25) is 4.79 Å². The molecular weight excluding hydrogens is 248 g/mol. The van der Waals surface area contributed by atoms with Gasteiger partial charge in [0.25, 0.3) is 10.0 Å². The van der Waals surface area contributed by atoms with Gasteiger partial charge in [0.05, 0.1) is 10.9 Å². The molecule has 1 rings (SSSR count). The Morgan fingerprint density at radius 2 is 2.21 bits per heavy atom. The van der Waals surface area contributed by atoms with Crippen LogP contribution in [0.15, 0.2) is 16.3 Å². The van der Waals surface area contributed by atoms with Crippen LogP contribution in [-0.4, -0.2) is 20.9 Å².